The fourth-order valence-electron chi connectivity index (χ4n) is 0.981. The number of benzene rings is 1. The number of aromatic hydroxyl groups is 1. The van der Waals surface area contributed by atoms with Gasteiger partial charge in [0.1, 0.15) is 17.3 Å². The summed E-state index contributed by atoms with van der Waals surface area (Å²) in [7, 11) is 0. The molecule has 1 aromatic rings. The summed E-state index contributed by atoms with van der Waals surface area (Å²) < 4.78 is 13.0. The molecule has 70 valence electrons. The second-order valence-electron chi connectivity index (χ2n) is 2.77. The third-order valence-corrected chi connectivity index (χ3v) is 1.86. The van der Waals surface area contributed by atoms with Gasteiger partial charge in [0.2, 0.25) is 0 Å². The first kappa shape index (κ1) is 9.99. The molecule has 0 aliphatic rings. The monoisotopic (exact) mass is 202 g/mol. The summed E-state index contributed by atoms with van der Waals surface area (Å²) >= 11 is 5.54. The topological polar surface area (TPSA) is 37.3 Å². The average molecular weight is 203 g/mol. The number of Topliss-reactive ketones (excluding diaryl/α,β-unsaturated/α-hetero) is 1. The van der Waals surface area contributed by atoms with Crippen molar-refractivity contribution in [2.24, 2.45) is 0 Å². The van der Waals surface area contributed by atoms with Gasteiger partial charge in [-0.3, -0.25) is 4.79 Å². The summed E-state index contributed by atoms with van der Waals surface area (Å²) in [5, 5.41) is 9.06. The average Bonchev–Trinajstić information content (AvgIpc) is 1.99. The molecule has 4 heteroatoms. The molecule has 0 fully saturated rings. The number of carbonyl (C=O) groups excluding carboxylic acids is 1. The van der Waals surface area contributed by atoms with Gasteiger partial charge in [0.15, 0.2) is 0 Å². The Balaban J connectivity index is 3.08. The molecule has 13 heavy (non-hydrogen) atoms. The van der Waals surface area contributed by atoms with Crippen LogP contribution in [0.25, 0.3) is 0 Å². The van der Waals surface area contributed by atoms with Gasteiger partial charge in [-0.25, -0.2) is 4.39 Å². The van der Waals surface area contributed by atoms with Crippen LogP contribution in [-0.2, 0) is 11.2 Å². The molecule has 0 aliphatic carbocycles. The Morgan fingerprint density at radius 2 is 2.23 bits per heavy atom. The molecule has 0 spiro atoms. The minimum atomic E-state index is -0.614. The van der Waals surface area contributed by atoms with Crippen LogP contribution >= 0.6 is 11.6 Å². The Hall–Kier alpha value is -1.09. The lowest BCUT2D eigenvalue weighted by atomic mass is 10.1. The Kier molecular flexibility index (Phi) is 2.88. The second kappa shape index (κ2) is 3.75. The highest BCUT2D eigenvalue weighted by atomic mass is 35.5. The van der Waals surface area contributed by atoms with Gasteiger partial charge in [-0.2, -0.15) is 0 Å². The van der Waals surface area contributed by atoms with Crippen LogP contribution in [0.3, 0.4) is 0 Å². The molecule has 2 nitrogen and oxygen atoms in total. The van der Waals surface area contributed by atoms with Crippen molar-refractivity contribution in [1.29, 1.82) is 0 Å². The Labute approximate surface area is 80.0 Å². The van der Waals surface area contributed by atoms with Crippen LogP contribution in [0.15, 0.2) is 12.1 Å². The lowest BCUT2D eigenvalue weighted by Crippen LogP contribution is -1.99. The van der Waals surface area contributed by atoms with Gasteiger partial charge in [-0.15, -0.1) is 0 Å². The number of carbonyl (C=O) groups is 1. The number of phenols is 1. The van der Waals surface area contributed by atoms with Crippen LogP contribution in [0.2, 0.25) is 5.02 Å². The van der Waals surface area contributed by atoms with E-state index in [1.165, 1.54) is 13.0 Å². The zero-order valence-electron chi connectivity index (χ0n) is 6.97. The fourth-order valence-corrected chi connectivity index (χ4v) is 1.17. The van der Waals surface area contributed by atoms with Crippen LogP contribution in [-0.4, -0.2) is 10.9 Å². The van der Waals surface area contributed by atoms with Gasteiger partial charge in [-0.1, -0.05) is 11.6 Å². The number of phenolic OH excluding ortho intramolecular Hbond substituents is 1. The molecule has 0 aromatic heterocycles. The highest BCUT2D eigenvalue weighted by Crippen LogP contribution is 2.26. The quantitative estimate of drug-likeness (QED) is 0.799. The van der Waals surface area contributed by atoms with Crippen molar-refractivity contribution in [1.82, 2.24) is 0 Å². The molecule has 1 rings (SSSR count). The number of halogens is 2. The smallest absolute Gasteiger partial charge is 0.137 e. The van der Waals surface area contributed by atoms with Crippen molar-refractivity contribution in [3.8, 4) is 5.75 Å². The lowest BCUT2D eigenvalue weighted by Gasteiger charge is -2.02. The molecule has 0 heterocycles. The van der Waals surface area contributed by atoms with E-state index >= 15 is 0 Å². The van der Waals surface area contributed by atoms with E-state index in [9.17, 15) is 9.18 Å². The largest absolute Gasteiger partial charge is 0.506 e. The minimum Gasteiger partial charge on any atom is -0.506 e. The summed E-state index contributed by atoms with van der Waals surface area (Å²) in [6, 6.07) is 2.16. The van der Waals surface area contributed by atoms with Crippen LogP contribution in [0.4, 0.5) is 4.39 Å². The molecule has 1 aromatic carbocycles. The summed E-state index contributed by atoms with van der Waals surface area (Å²) in [5.74, 6) is -1.08. The van der Waals surface area contributed by atoms with E-state index in [1.54, 1.807) is 0 Å². The molecule has 1 N–H and O–H groups in total. The fraction of sp³-hybridized carbons (Fsp3) is 0.222. The molecule has 0 amide bonds. The third-order valence-electron chi connectivity index (χ3n) is 1.56. The molecular formula is C9H8ClFO2. The first-order valence-electron chi connectivity index (χ1n) is 3.67. The van der Waals surface area contributed by atoms with Crippen molar-refractivity contribution < 1.29 is 14.3 Å². The van der Waals surface area contributed by atoms with Gasteiger partial charge < -0.3 is 5.11 Å². The Morgan fingerprint density at radius 1 is 1.62 bits per heavy atom. The van der Waals surface area contributed by atoms with Crippen LogP contribution in [0.5, 0.6) is 5.75 Å². The maximum absolute atomic E-state index is 13.0. The zero-order valence-corrected chi connectivity index (χ0v) is 7.73. The maximum atomic E-state index is 13.0. The highest BCUT2D eigenvalue weighted by Gasteiger charge is 2.09. The van der Waals surface area contributed by atoms with Gasteiger partial charge in [0, 0.05) is 12.5 Å². The molecule has 0 aliphatic heterocycles. The standard InChI is InChI=1S/C9H8ClFO2/c1-5(12)2-6-3-7(10)9(13)4-8(6)11/h3-4,13H,2H2,1H3. The van der Waals surface area contributed by atoms with E-state index in [0.29, 0.717) is 0 Å². The second-order valence-corrected chi connectivity index (χ2v) is 3.18. The van der Waals surface area contributed by atoms with Crippen molar-refractivity contribution in [3.05, 3.63) is 28.5 Å². The molecule has 0 unspecified atom stereocenters. The SMILES string of the molecule is CC(=O)Cc1cc(Cl)c(O)cc1F. The van der Waals surface area contributed by atoms with Gasteiger partial charge >= 0.3 is 0 Å². The van der Waals surface area contributed by atoms with Crippen LogP contribution in [0, 0.1) is 5.82 Å². The van der Waals surface area contributed by atoms with E-state index in [-0.39, 0.29) is 28.5 Å². The van der Waals surface area contributed by atoms with Crippen molar-refractivity contribution in [2.45, 2.75) is 13.3 Å². The summed E-state index contributed by atoms with van der Waals surface area (Å²) in [5.41, 5.74) is 0.204. The molecule has 0 atom stereocenters. The molecular weight excluding hydrogens is 195 g/mol. The first-order chi connectivity index (χ1) is 6.00. The lowest BCUT2D eigenvalue weighted by molar-refractivity contribution is -0.116. The maximum Gasteiger partial charge on any atom is 0.137 e. The van der Waals surface area contributed by atoms with Crippen LogP contribution in [0.1, 0.15) is 12.5 Å². The summed E-state index contributed by atoms with van der Waals surface area (Å²) in [6.07, 6.45) is -0.00810. The first-order valence-corrected chi connectivity index (χ1v) is 4.05. The molecule has 0 bridgehead atoms. The molecule has 0 saturated heterocycles. The number of hydrogen-bond acceptors (Lipinski definition) is 2. The zero-order chi connectivity index (χ0) is 10.0. The predicted octanol–water partition coefficient (Wildman–Crippen LogP) is 2.32. The summed E-state index contributed by atoms with van der Waals surface area (Å²) in [4.78, 5) is 10.7. The van der Waals surface area contributed by atoms with Crippen molar-refractivity contribution in [2.75, 3.05) is 0 Å². The van der Waals surface area contributed by atoms with Gasteiger partial charge in [-0.05, 0) is 18.6 Å². The molecule has 0 radical (unpaired) electrons. The van der Waals surface area contributed by atoms with Crippen molar-refractivity contribution in [3.63, 3.8) is 0 Å². The summed E-state index contributed by atoms with van der Waals surface area (Å²) in [6.45, 7) is 1.36. The normalized spacial score (nSPS) is 10.1. The van der Waals surface area contributed by atoms with Gasteiger partial charge in [0.25, 0.3) is 0 Å². The van der Waals surface area contributed by atoms with E-state index in [4.69, 9.17) is 16.7 Å². The van der Waals surface area contributed by atoms with E-state index in [0.717, 1.165) is 6.07 Å². The highest BCUT2D eigenvalue weighted by molar-refractivity contribution is 6.32. The Bertz CT molecular complexity index is 350. The minimum absolute atomic E-state index is 0.00810. The number of hydrogen-bond donors (Lipinski definition) is 1. The van der Waals surface area contributed by atoms with E-state index < -0.39 is 5.82 Å². The van der Waals surface area contributed by atoms with E-state index in [1.807, 2.05) is 0 Å². The van der Waals surface area contributed by atoms with Crippen LogP contribution < -0.4 is 0 Å². The van der Waals surface area contributed by atoms with Crippen molar-refractivity contribution >= 4 is 17.4 Å². The van der Waals surface area contributed by atoms with Gasteiger partial charge in [0.05, 0.1) is 5.02 Å². The Morgan fingerprint density at radius 3 is 2.77 bits per heavy atom. The third kappa shape index (κ3) is 2.42. The van der Waals surface area contributed by atoms with E-state index in [2.05, 4.69) is 0 Å². The number of ketones is 1. The molecule has 0 saturated carbocycles. The predicted molar refractivity (Wildman–Crippen MR) is 47.5 cm³/mol. The number of rotatable bonds is 2.